The van der Waals surface area contributed by atoms with Crippen LogP contribution in [0.4, 0.5) is 0 Å². The Hall–Kier alpha value is -1.07. The van der Waals surface area contributed by atoms with Crippen molar-refractivity contribution in [2.45, 2.75) is 32.9 Å². The third-order valence-corrected chi connectivity index (χ3v) is 2.92. The van der Waals surface area contributed by atoms with Crippen molar-refractivity contribution in [2.24, 2.45) is 18.2 Å². The number of aryl methyl sites for hydroxylation is 1. The molecule has 0 fully saturated rings. The fourth-order valence-electron chi connectivity index (χ4n) is 2.15. The lowest BCUT2D eigenvalue weighted by atomic mass is 9.83. The maximum absolute atomic E-state index is 6.29. The summed E-state index contributed by atoms with van der Waals surface area (Å²) < 4.78 is 12.5. The molecule has 0 aliphatic heterocycles. The number of hydrogen-bond acceptors (Lipinski definition) is 4. The zero-order chi connectivity index (χ0) is 13.2. The average Bonchev–Trinajstić information content (AvgIpc) is 2.58. The summed E-state index contributed by atoms with van der Waals surface area (Å²) in [6, 6.07) is -0.276. The van der Waals surface area contributed by atoms with Crippen molar-refractivity contribution in [3.05, 3.63) is 11.9 Å². The van der Waals surface area contributed by atoms with Gasteiger partial charge in [-0.2, -0.15) is 5.10 Å². The number of hydrogen-bond donors (Lipinski definition) is 1. The molecule has 1 rings (SSSR count). The molecule has 0 saturated carbocycles. The molecule has 1 aromatic heterocycles. The summed E-state index contributed by atoms with van der Waals surface area (Å²) in [4.78, 5) is 0. The van der Waals surface area contributed by atoms with Gasteiger partial charge in [-0.05, 0) is 5.41 Å². The lowest BCUT2D eigenvalue weighted by Crippen LogP contribution is -2.39. The predicted octanol–water partition coefficient (Wildman–Crippen LogP) is 1.49. The topological polar surface area (TPSA) is 62.3 Å². The van der Waals surface area contributed by atoms with E-state index in [1.54, 1.807) is 25.1 Å². The summed E-state index contributed by atoms with van der Waals surface area (Å²) in [7, 11) is 5.15. The SMILES string of the molecule is COc1cnn(C)c1C(N)C(OC)C(C)(C)C. The predicted molar refractivity (Wildman–Crippen MR) is 66.9 cm³/mol. The first-order chi connectivity index (χ1) is 7.82. The van der Waals surface area contributed by atoms with Gasteiger partial charge in [0.2, 0.25) is 0 Å². The molecule has 98 valence electrons. The first-order valence-corrected chi connectivity index (χ1v) is 5.67. The normalized spacial score (nSPS) is 15.7. The van der Waals surface area contributed by atoms with E-state index >= 15 is 0 Å². The van der Waals surface area contributed by atoms with Crippen LogP contribution in [0.3, 0.4) is 0 Å². The first-order valence-electron chi connectivity index (χ1n) is 5.67. The number of rotatable bonds is 4. The molecule has 17 heavy (non-hydrogen) atoms. The summed E-state index contributed by atoms with van der Waals surface area (Å²) in [5.41, 5.74) is 7.10. The van der Waals surface area contributed by atoms with E-state index in [-0.39, 0.29) is 17.6 Å². The van der Waals surface area contributed by atoms with Crippen LogP contribution in [0.1, 0.15) is 32.5 Å². The highest BCUT2D eigenvalue weighted by atomic mass is 16.5. The molecule has 2 atom stereocenters. The van der Waals surface area contributed by atoms with Crippen LogP contribution in [0.25, 0.3) is 0 Å². The summed E-state index contributed by atoms with van der Waals surface area (Å²) >= 11 is 0. The number of nitrogens with zero attached hydrogens (tertiary/aromatic N) is 2. The first kappa shape index (κ1) is 14.0. The van der Waals surface area contributed by atoms with Crippen LogP contribution in [0.5, 0.6) is 5.75 Å². The molecule has 1 heterocycles. The molecular weight excluding hydrogens is 218 g/mol. The zero-order valence-corrected chi connectivity index (χ0v) is 11.5. The molecule has 0 aromatic carbocycles. The Bertz CT molecular complexity index is 368. The van der Waals surface area contributed by atoms with Crippen LogP contribution >= 0.6 is 0 Å². The minimum absolute atomic E-state index is 0.0521. The molecule has 5 heteroatoms. The van der Waals surface area contributed by atoms with Crippen LogP contribution in [-0.2, 0) is 11.8 Å². The van der Waals surface area contributed by atoms with Crippen molar-refractivity contribution >= 4 is 0 Å². The second-order valence-corrected chi connectivity index (χ2v) is 5.27. The van der Waals surface area contributed by atoms with Crippen molar-refractivity contribution in [1.29, 1.82) is 0 Å². The summed E-state index contributed by atoms with van der Waals surface area (Å²) in [5, 5.41) is 4.16. The van der Waals surface area contributed by atoms with E-state index in [9.17, 15) is 0 Å². The maximum atomic E-state index is 6.29. The van der Waals surface area contributed by atoms with Crippen molar-refractivity contribution in [3.8, 4) is 5.75 Å². The average molecular weight is 241 g/mol. The standard InChI is InChI=1S/C12H23N3O2/c1-12(2,3)11(17-6)9(13)10-8(16-5)7-14-15(10)4/h7,9,11H,13H2,1-6H3. The highest BCUT2D eigenvalue weighted by molar-refractivity contribution is 5.29. The molecule has 0 amide bonds. The molecular formula is C12H23N3O2. The highest BCUT2D eigenvalue weighted by Gasteiger charge is 2.34. The Labute approximate surface area is 103 Å². The van der Waals surface area contributed by atoms with Crippen LogP contribution in [0.15, 0.2) is 6.20 Å². The van der Waals surface area contributed by atoms with Gasteiger partial charge in [0.05, 0.1) is 31.1 Å². The highest BCUT2D eigenvalue weighted by Crippen LogP contribution is 2.34. The van der Waals surface area contributed by atoms with E-state index in [1.165, 1.54) is 0 Å². The van der Waals surface area contributed by atoms with Gasteiger partial charge in [0.25, 0.3) is 0 Å². The minimum Gasteiger partial charge on any atom is -0.493 e. The smallest absolute Gasteiger partial charge is 0.161 e. The van der Waals surface area contributed by atoms with Gasteiger partial charge in [-0.15, -0.1) is 0 Å². The number of nitrogens with two attached hydrogens (primary N) is 1. The zero-order valence-electron chi connectivity index (χ0n) is 11.5. The van der Waals surface area contributed by atoms with Gasteiger partial charge in [0.1, 0.15) is 0 Å². The van der Waals surface area contributed by atoms with Gasteiger partial charge in [-0.25, -0.2) is 0 Å². The van der Waals surface area contributed by atoms with E-state index in [4.69, 9.17) is 15.2 Å². The lowest BCUT2D eigenvalue weighted by Gasteiger charge is -2.34. The Kier molecular flexibility index (Phi) is 4.16. The molecule has 2 unspecified atom stereocenters. The number of ether oxygens (including phenoxy) is 2. The molecule has 0 aliphatic carbocycles. The Balaban J connectivity index is 3.09. The van der Waals surface area contributed by atoms with Crippen molar-refractivity contribution in [1.82, 2.24) is 9.78 Å². The third-order valence-electron chi connectivity index (χ3n) is 2.92. The Morgan fingerprint density at radius 1 is 1.35 bits per heavy atom. The van der Waals surface area contributed by atoms with Gasteiger partial charge in [0, 0.05) is 14.2 Å². The van der Waals surface area contributed by atoms with Crippen molar-refractivity contribution in [2.75, 3.05) is 14.2 Å². The fraction of sp³-hybridized carbons (Fsp3) is 0.750. The summed E-state index contributed by atoms with van der Waals surface area (Å²) in [5.74, 6) is 0.700. The van der Waals surface area contributed by atoms with Gasteiger partial charge in [0.15, 0.2) is 5.75 Å². The second-order valence-electron chi connectivity index (χ2n) is 5.27. The Morgan fingerprint density at radius 2 is 1.94 bits per heavy atom. The van der Waals surface area contributed by atoms with E-state index in [0.717, 1.165) is 5.69 Å². The maximum Gasteiger partial charge on any atom is 0.161 e. The van der Waals surface area contributed by atoms with Gasteiger partial charge >= 0.3 is 0 Å². The fourth-order valence-corrected chi connectivity index (χ4v) is 2.15. The van der Waals surface area contributed by atoms with Gasteiger partial charge < -0.3 is 15.2 Å². The van der Waals surface area contributed by atoms with Crippen LogP contribution in [-0.4, -0.2) is 30.1 Å². The third kappa shape index (κ3) is 2.79. The van der Waals surface area contributed by atoms with Gasteiger partial charge in [-0.3, -0.25) is 4.68 Å². The van der Waals surface area contributed by atoms with Gasteiger partial charge in [-0.1, -0.05) is 20.8 Å². The molecule has 0 radical (unpaired) electrons. The molecule has 0 bridgehead atoms. The minimum atomic E-state index is -0.276. The molecule has 2 N–H and O–H groups in total. The van der Waals surface area contributed by atoms with Crippen LogP contribution in [0, 0.1) is 5.41 Å². The lowest BCUT2D eigenvalue weighted by molar-refractivity contribution is -0.00458. The molecule has 1 aromatic rings. The van der Waals surface area contributed by atoms with Crippen LogP contribution < -0.4 is 10.5 Å². The van der Waals surface area contributed by atoms with E-state index in [0.29, 0.717) is 5.75 Å². The quantitative estimate of drug-likeness (QED) is 0.867. The van der Waals surface area contributed by atoms with E-state index in [1.807, 2.05) is 7.05 Å². The van der Waals surface area contributed by atoms with Crippen LogP contribution in [0.2, 0.25) is 0 Å². The largest absolute Gasteiger partial charge is 0.493 e. The van der Waals surface area contributed by atoms with E-state index in [2.05, 4.69) is 25.9 Å². The second kappa shape index (κ2) is 5.06. The van der Waals surface area contributed by atoms with Crippen molar-refractivity contribution < 1.29 is 9.47 Å². The monoisotopic (exact) mass is 241 g/mol. The molecule has 0 saturated heterocycles. The van der Waals surface area contributed by atoms with E-state index < -0.39 is 0 Å². The number of methoxy groups -OCH3 is 2. The summed E-state index contributed by atoms with van der Waals surface area (Å²) in [6.45, 7) is 6.30. The molecule has 5 nitrogen and oxygen atoms in total. The number of aromatic nitrogens is 2. The molecule has 0 aliphatic rings. The summed E-state index contributed by atoms with van der Waals surface area (Å²) in [6.07, 6.45) is 1.57. The Morgan fingerprint density at radius 3 is 2.35 bits per heavy atom. The molecule has 0 spiro atoms. The van der Waals surface area contributed by atoms with Crippen molar-refractivity contribution in [3.63, 3.8) is 0 Å².